The van der Waals surface area contributed by atoms with Crippen molar-refractivity contribution in [1.82, 2.24) is 5.43 Å². The number of carbonyl (C=O) groups excluding carboxylic acids is 1. The molecule has 0 aliphatic carbocycles. The van der Waals surface area contributed by atoms with Gasteiger partial charge in [-0.15, -0.1) is 0 Å². The first-order valence-electron chi connectivity index (χ1n) is 8.18. The van der Waals surface area contributed by atoms with Gasteiger partial charge in [-0.1, -0.05) is 11.6 Å². The average molecular weight is 360 g/mol. The number of nitrogens with zero attached hydrogens (tertiary/aromatic N) is 2. The number of aryl methyl sites for hydroxylation is 1. The molecule has 0 bridgehead atoms. The van der Waals surface area contributed by atoms with Crippen LogP contribution in [0, 0.1) is 12.7 Å². The first-order valence-corrected chi connectivity index (χ1v) is 8.56. The minimum absolute atomic E-state index is 0.266. The van der Waals surface area contributed by atoms with Crippen molar-refractivity contribution in [3.05, 3.63) is 63.9 Å². The van der Waals surface area contributed by atoms with E-state index >= 15 is 0 Å². The van der Waals surface area contributed by atoms with Gasteiger partial charge < -0.3 is 4.90 Å². The fourth-order valence-electron chi connectivity index (χ4n) is 2.85. The summed E-state index contributed by atoms with van der Waals surface area (Å²) in [5, 5.41) is 4.49. The van der Waals surface area contributed by atoms with Gasteiger partial charge in [0.15, 0.2) is 0 Å². The molecule has 0 atom stereocenters. The Kier molecular flexibility index (Phi) is 5.34. The highest BCUT2D eigenvalue weighted by Crippen LogP contribution is 2.26. The van der Waals surface area contributed by atoms with Gasteiger partial charge in [-0.2, -0.15) is 5.10 Å². The van der Waals surface area contributed by atoms with E-state index in [0.29, 0.717) is 21.8 Å². The molecule has 0 saturated carbocycles. The predicted octanol–water partition coefficient (Wildman–Crippen LogP) is 4.15. The van der Waals surface area contributed by atoms with E-state index in [-0.39, 0.29) is 11.7 Å². The van der Waals surface area contributed by atoms with E-state index in [4.69, 9.17) is 11.6 Å². The Morgan fingerprint density at radius 3 is 2.60 bits per heavy atom. The van der Waals surface area contributed by atoms with Crippen LogP contribution in [0.5, 0.6) is 0 Å². The number of benzene rings is 2. The van der Waals surface area contributed by atoms with Crippen molar-refractivity contribution in [3.8, 4) is 0 Å². The van der Waals surface area contributed by atoms with E-state index in [1.807, 2.05) is 13.0 Å². The molecule has 3 rings (SSSR count). The maximum absolute atomic E-state index is 14.4. The number of hydrogen-bond acceptors (Lipinski definition) is 3. The number of carbonyl (C=O) groups is 1. The fraction of sp³-hybridized carbons (Fsp3) is 0.263. The van der Waals surface area contributed by atoms with Crippen LogP contribution >= 0.6 is 11.6 Å². The summed E-state index contributed by atoms with van der Waals surface area (Å²) >= 11 is 5.79. The summed E-state index contributed by atoms with van der Waals surface area (Å²) in [6.45, 7) is 3.68. The van der Waals surface area contributed by atoms with Crippen molar-refractivity contribution in [1.29, 1.82) is 0 Å². The van der Waals surface area contributed by atoms with Crippen LogP contribution in [0.3, 0.4) is 0 Å². The molecule has 0 spiro atoms. The molecule has 2 aromatic rings. The Hall–Kier alpha value is -2.40. The molecular formula is C19H19ClFN3O. The number of rotatable bonds is 4. The van der Waals surface area contributed by atoms with Crippen molar-refractivity contribution in [3.63, 3.8) is 0 Å². The summed E-state index contributed by atoms with van der Waals surface area (Å²) in [4.78, 5) is 14.0. The molecule has 1 N–H and O–H groups in total. The van der Waals surface area contributed by atoms with Gasteiger partial charge in [0.05, 0.1) is 11.9 Å². The topological polar surface area (TPSA) is 44.7 Å². The van der Waals surface area contributed by atoms with Gasteiger partial charge >= 0.3 is 0 Å². The van der Waals surface area contributed by atoms with Crippen molar-refractivity contribution >= 4 is 29.4 Å². The lowest BCUT2D eigenvalue weighted by Crippen LogP contribution is -2.19. The van der Waals surface area contributed by atoms with Gasteiger partial charge in [0.1, 0.15) is 5.82 Å². The highest BCUT2D eigenvalue weighted by molar-refractivity contribution is 6.30. The highest BCUT2D eigenvalue weighted by atomic mass is 35.5. The standard InChI is InChI=1S/C19H19ClFN3O/c1-13-10-18(24-8-2-3-9-24)17(21)11-15(13)12-22-23-19(25)14-4-6-16(20)7-5-14/h4-7,10-12H,2-3,8-9H2,1H3,(H,23,25). The zero-order chi connectivity index (χ0) is 17.8. The van der Waals surface area contributed by atoms with E-state index in [2.05, 4.69) is 15.4 Å². The first-order chi connectivity index (χ1) is 12.0. The van der Waals surface area contributed by atoms with Crippen molar-refractivity contribution in [2.75, 3.05) is 18.0 Å². The zero-order valence-corrected chi connectivity index (χ0v) is 14.7. The normalized spacial score (nSPS) is 14.3. The summed E-state index contributed by atoms with van der Waals surface area (Å²) in [5.41, 5.74) is 5.07. The summed E-state index contributed by atoms with van der Waals surface area (Å²) in [6, 6.07) is 9.80. The maximum atomic E-state index is 14.4. The summed E-state index contributed by atoms with van der Waals surface area (Å²) in [5.74, 6) is -0.613. The number of hydrazone groups is 1. The van der Waals surface area contributed by atoms with E-state index in [9.17, 15) is 9.18 Å². The Labute approximate surface area is 151 Å². The Balaban J connectivity index is 1.69. The van der Waals surface area contributed by atoms with Crippen LogP contribution in [0.25, 0.3) is 0 Å². The molecule has 1 amide bonds. The van der Waals surface area contributed by atoms with Crippen molar-refractivity contribution < 1.29 is 9.18 Å². The van der Waals surface area contributed by atoms with Crippen LogP contribution in [-0.4, -0.2) is 25.2 Å². The lowest BCUT2D eigenvalue weighted by atomic mass is 10.1. The van der Waals surface area contributed by atoms with E-state index < -0.39 is 0 Å². The SMILES string of the molecule is Cc1cc(N2CCCC2)c(F)cc1C=NNC(=O)c1ccc(Cl)cc1. The molecule has 4 nitrogen and oxygen atoms in total. The van der Waals surface area contributed by atoms with Gasteiger partial charge in [-0.3, -0.25) is 4.79 Å². The number of hydrogen-bond donors (Lipinski definition) is 1. The summed E-state index contributed by atoms with van der Waals surface area (Å²) in [6.07, 6.45) is 3.65. The molecule has 25 heavy (non-hydrogen) atoms. The maximum Gasteiger partial charge on any atom is 0.271 e. The van der Waals surface area contributed by atoms with E-state index in [0.717, 1.165) is 31.5 Å². The fourth-order valence-corrected chi connectivity index (χ4v) is 2.97. The lowest BCUT2D eigenvalue weighted by Gasteiger charge is -2.19. The van der Waals surface area contributed by atoms with Gasteiger partial charge in [0, 0.05) is 29.2 Å². The smallest absolute Gasteiger partial charge is 0.271 e. The van der Waals surface area contributed by atoms with Crippen molar-refractivity contribution in [2.45, 2.75) is 19.8 Å². The predicted molar refractivity (Wildman–Crippen MR) is 99.1 cm³/mol. The Bertz CT molecular complexity index is 799. The second kappa shape index (κ2) is 7.66. The van der Waals surface area contributed by atoms with E-state index in [1.54, 1.807) is 24.3 Å². The minimum atomic E-state index is -0.347. The molecule has 1 saturated heterocycles. The van der Waals surface area contributed by atoms with E-state index in [1.165, 1.54) is 12.3 Å². The monoisotopic (exact) mass is 359 g/mol. The lowest BCUT2D eigenvalue weighted by molar-refractivity contribution is 0.0955. The van der Waals surface area contributed by atoms with Gasteiger partial charge in [0.2, 0.25) is 0 Å². The minimum Gasteiger partial charge on any atom is -0.369 e. The molecule has 130 valence electrons. The molecular weight excluding hydrogens is 341 g/mol. The van der Waals surface area contributed by atoms with Crippen LogP contribution < -0.4 is 10.3 Å². The second-order valence-corrected chi connectivity index (χ2v) is 6.50. The zero-order valence-electron chi connectivity index (χ0n) is 13.9. The third-order valence-electron chi connectivity index (χ3n) is 4.26. The summed E-state index contributed by atoms with van der Waals surface area (Å²) in [7, 11) is 0. The number of anilines is 1. The number of nitrogens with one attached hydrogen (secondary N) is 1. The quantitative estimate of drug-likeness (QED) is 0.658. The average Bonchev–Trinajstić information content (AvgIpc) is 3.12. The summed E-state index contributed by atoms with van der Waals surface area (Å²) < 4.78 is 14.4. The molecule has 1 fully saturated rings. The molecule has 6 heteroatoms. The van der Waals surface area contributed by atoms with Crippen LogP contribution in [0.4, 0.5) is 10.1 Å². The Morgan fingerprint density at radius 2 is 1.92 bits per heavy atom. The first kappa shape index (κ1) is 17.4. The highest BCUT2D eigenvalue weighted by Gasteiger charge is 2.17. The van der Waals surface area contributed by atoms with Gasteiger partial charge in [-0.05, 0) is 61.7 Å². The largest absolute Gasteiger partial charge is 0.369 e. The molecule has 1 aliphatic heterocycles. The van der Waals surface area contributed by atoms with Crippen LogP contribution in [-0.2, 0) is 0 Å². The molecule has 1 aliphatic rings. The number of halogens is 2. The third-order valence-corrected chi connectivity index (χ3v) is 4.51. The van der Waals surface area contributed by atoms with Crippen molar-refractivity contribution in [2.24, 2.45) is 5.10 Å². The number of amides is 1. The van der Waals surface area contributed by atoms with Crippen LogP contribution in [0.2, 0.25) is 5.02 Å². The molecule has 0 unspecified atom stereocenters. The van der Waals surface area contributed by atoms with Gasteiger partial charge in [0.25, 0.3) is 5.91 Å². The van der Waals surface area contributed by atoms with Gasteiger partial charge in [-0.25, -0.2) is 9.82 Å². The van der Waals surface area contributed by atoms with Crippen LogP contribution in [0.15, 0.2) is 41.5 Å². The third kappa shape index (κ3) is 4.17. The second-order valence-electron chi connectivity index (χ2n) is 6.06. The molecule has 0 radical (unpaired) electrons. The molecule has 2 aromatic carbocycles. The molecule has 1 heterocycles. The molecule has 0 aromatic heterocycles. The van der Waals surface area contributed by atoms with Crippen LogP contribution in [0.1, 0.15) is 34.3 Å². The Morgan fingerprint density at radius 1 is 1.24 bits per heavy atom.